The van der Waals surface area contributed by atoms with Crippen molar-refractivity contribution in [2.24, 2.45) is 0 Å². The van der Waals surface area contributed by atoms with E-state index in [4.69, 9.17) is 9.47 Å². The van der Waals surface area contributed by atoms with Crippen molar-refractivity contribution in [3.63, 3.8) is 0 Å². The molecule has 0 aromatic heterocycles. The third kappa shape index (κ3) is 1.20. The number of hydrogen-bond acceptors (Lipinski definition) is 2. The zero-order valence-electron chi connectivity index (χ0n) is 5.76. The number of fused-ring (bicyclic) bond motifs is 1. The minimum atomic E-state index is 0.615. The molecule has 1 heterocycles. The van der Waals surface area contributed by atoms with Crippen molar-refractivity contribution in [3.05, 3.63) is 22.7 Å². The highest BCUT2D eigenvalue weighted by Gasteiger charge is 2.13. The Kier molecular flexibility index (Phi) is 1.74. The molecule has 57 valence electrons. The fraction of sp³-hybridized carbons (Fsp3) is 0.250. The van der Waals surface area contributed by atoms with Crippen molar-refractivity contribution in [1.29, 1.82) is 0 Å². The number of rotatable bonds is 0. The van der Waals surface area contributed by atoms with Crippen LogP contribution in [0.3, 0.4) is 0 Å². The second-order valence-electron chi connectivity index (χ2n) is 2.18. The molecule has 0 saturated heterocycles. The van der Waals surface area contributed by atoms with Crippen LogP contribution in [0.5, 0.6) is 11.5 Å². The zero-order valence-corrected chi connectivity index (χ0v) is 7.35. The summed E-state index contributed by atoms with van der Waals surface area (Å²) in [7, 11) is 0. The van der Waals surface area contributed by atoms with E-state index in [1.807, 2.05) is 6.07 Å². The first-order valence-electron chi connectivity index (χ1n) is 3.34. The van der Waals surface area contributed by atoms with E-state index in [0.717, 1.165) is 16.0 Å². The van der Waals surface area contributed by atoms with Gasteiger partial charge in [-0.25, -0.2) is 0 Å². The van der Waals surface area contributed by atoms with Gasteiger partial charge < -0.3 is 9.47 Å². The summed E-state index contributed by atoms with van der Waals surface area (Å²) in [5, 5.41) is 0. The van der Waals surface area contributed by atoms with Gasteiger partial charge in [-0.3, -0.25) is 0 Å². The molecule has 3 heteroatoms. The Morgan fingerprint density at radius 1 is 1.36 bits per heavy atom. The van der Waals surface area contributed by atoms with Crippen LogP contribution in [-0.2, 0) is 0 Å². The quantitative estimate of drug-likeness (QED) is 0.657. The maximum absolute atomic E-state index is 5.35. The number of halogens is 1. The molecule has 0 N–H and O–H groups in total. The molecule has 1 aromatic carbocycles. The van der Waals surface area contributed by atoms with Crippen LogP contribution in [0, 0.1) is 6.07 Å². The monoisotopic (exact) mass is 213 g/mol. The summed E-state index contributed by atoms with van der Waals surface area (Å²) < 4.78 is 11.5. The van der Waals surface area contributed by atoms with Crippen LogP contribution in [0.4, 0.5) is 0 Å². The molecule has 2 nitrogen and oxygen atoms in total. The predicted molar refractivity (Wildman–Crippen MR) is 44.0 cm³/mol. The Balaban J connectivity index is 2.49. The lowest BCUT2D eigenvalue weighted by Crippen LogP contribution is -2.15. The van der Waals surface area contributed by atoms with E-state index in [1.54, 1.807) is 6.07 Å². The lowest BCUT2D eigenvalue weighted by atomic mass is 10.3. The molecule has 0 amide bonds. The molecule has 0 fully saturated rings. The molecular formula is C8H6BrO2. The fourth-order valence-electron chi connectivity index (χ4n) is 0.983. The first-order chi connectivity index (χ1) is 5.38. The van der Waals surface area contributed by atoms with Gasteiger partial charge in [-0.05, 0) is 28.1 Å². The van der Waals surface area contributed by atoms with E-state index < -0.39 is 0 Å². The zero-order chi connectivity index (χ0) is 7.68. The number of benzene rings is 1. The molecule has 1 radical (unpaired) electrons. The minimum Gasteiger partial charge on any atom is -0.486 e. The maximum atomic E-state index is 5.35. The van der Waals surface area contributed by atoms with Gasteiger partial charge >= 0.3 is 0 Å². The second-order valence-corrected chi connectivity index (χ2v) is 2.97. The van der Waals surface area contributed by atoms with Crippen LogP contribution in [-0.4, -0.2) is 13.2 Å². The third-order valence-corrected chi connectivity index (χ3v) is 2.04. The first-order valence-corrected chi connectivity index (χ1v) is 4.13. The molecule has 1 aliphatic heterocycles. The number of ether oxygens (including phenoxy) is 2. The molecule has 0 unspecified atom stereocenters. The third-order valence-electron chi connectivity index (χ3n) is 1.46. The van der Waals surface area contributed by atoms with Crippen molar-refractivity contribution in [3.8, 4) is 11.5 Å². The van der Waals surface area contributed by atoms with Crippen molar-refractivity contribution < 1.29 is 9.47 Å². The molecular weight excluding hydrogens is 208 g/mol. The molecule has 1 aromatic rings. The molecule has 1 aliphatic rings. The summed E-state index contributed by atoms with van der Waals surface area (Å²) in [6.07, 6.45) is 0. The van der Waals surface area contributed by atoms with Crippen LogP contribution in [0.2, 0.25) is 0 Å². The Labute approximate surface area is 73.3 Å². The van der Waals surface area contributed by atoms with E-state index in [1.165, 1.54) is 0 Å². The van der Waals surface area contributed by atoms with Crippen molar-refractivity contribution >= 4 is 15.9 Å². The second kappa shape index (κ2) is 2.74. The summed E-state index contributed by atoms with van der Waals surface area (Å²) in [6, 6.07) is 6.62. The van der Waals surface area contributed by atoms with E-state index in [-0.39, 0.29) is 0 Å². The fourth-order valence-corrected chi connectivity index (χ4v) is 1.43. The van der Waals surface area contributed by atoms with E-state index in [9.17, 15) is 0 Å². The highest BCUT2D eigenvalue weighted by atomic mass is 79.9. The standard InChI is InChI=1S/C8H6BrO2/c9-6-2-1-3-7-8(6)11-5-4-10-7/h1,3H,4-5H2. The van der Waals surface area contributed by atoms with Crippen molar-refractivity contribution in [2.45, 2.75) is 0 Å². The molecule has 0 saturated carbocycles. The summed E-state index contributed by atoms with van der Waals surface area (Å²) >= 11 is 3.32. The van der Waals surface area contributed by atoms with Gasteiger partial charge in [-0.2, -0.15) is 0 Å². The Bertz CT molecular complexity index is 273. The van der Waals surface area contributed by atoms with Gasteiger partial charge in [-0.1, -0.05) is 0 Å². The van der Waals surface area contributed by atoms with Gasteiger partial charge in [0.15, 0.2) is 11.5 Å². The lowest BCUT2D eigenvalue weighted by Gasteiger charge is -2.18. The van der Waals surface area contributed by atoms with Crippen molar-refractivity contribution in [1.82, 2.24) is 0 Å². The highest BCUT2D eigenvalue weighted by Crippen LogP contribution is 2.36. The minimum absolute atomic E-state index is 0.615. The average Bonchev–Trinajstić information content (AvgIpc) is 2.06. The lowest BCUT2D eigenvalue weighted by molar-refractivity contribution is 0.170. The van der Waals surface area contributed by atoms with Gasteiger partial charge in [0.05, 0.1) is 4.47 Å². The van der Waals surface area contributed by atoms with Crippen LogP contribution in [0.25, 0.3) is 0 Å². The molecule has 2 rings (SSSR count). The van der Waals surface area contributed by atoms with Crippen LogP contribution < -0.4 is 9.47 Å². The van der Waals surface area contributed by atoms with Crippen LogP contribution >= 0.6 is 15.9 Å². The summed E-state index contributed by atoms with van der Waals surface area (Å²) in [5.74, 6) is 1.56. The van der Waals surface area contributed by atoms with E-state index in [0.29, 0.717) is 13.2 Å². The molecule has 11 heavy (non-hydrogen) atoms. The van der Waals surface area contributed by atoms with Crippen LogP contribution in [0.15, 0.2) is 16.6 Å². The summed E-state index contributed by atoms with van der Waals surface area (Å²) in [4.78, 5) is 0. The van der Waals surface area contributed by atoms with Gasteiger partial charge in [0.2, 0.25) is 0 Å². The summed E-state index contributed by atoms with van der Waals surface area (Å²) in [5.41, 5.74) is 0. The van der Waals surface area contributed by atoms with E-state index >= 15 is 0 Å². The maximum Gasteiger partial charge on any atom is 0.176 e. The van der Waals surface area contributed by atoms with Crippen LogP contribution in [0.1, 0.15) is 0 Å². The highest BCUT2D eigenvalue weighted by molar-refractivity contribution is 9.10. The summed E-state index contributed by atoms with van der Waals surface area (Å²) in [6.45, 7) is 1.24. The molecule has 0 spiro atoms. The van der Waals surface area contributed by atoms with Crippen molar-refractivity contribution in [2.75, 3.05) is 13.2 Å². The normalized spacial score (nSPS) is 14.6. The van der Waals surface area contributed by atoms with Gasteiger partial charge in [0.1, 0.15) is 13.2 Å². The molecule has 0 aliphatic carbocycles. The first kappa shape index (κ1) is 6.98. The predicted octanol–water partition coefficient (Wildman–Crippen LogP) is 2.02. The average molecular weight is 214 g/mol. The van der Waals surface area contributed by atoms with Gasteiger partial charge in [0.25, 0.3) is 0 Å². The Morgan fingerprint density at radius 2 is 2.18 bits per heavy atom. The Hall–Kier alpha value is -0.700. The Morgan fingerprint density at radius 3 is 3.00 bits per heavy atom. The molecule has 0 bridgehead atoms. The SMILES string of the molecule is Brc1[c]ccc2c1OCCO2. The van der Waals surface area contributed by atoms with E-state index in [2.05, 4.69) is 22.0 Å². The van der Waals surface area contributed by atoms with Gasteiger partial charge in [-0.15, -0.1) is 0 Å². The van der Waals surface area contributed by atoms with Gasteiger partial charge in [0, 0.05) is 6.07 Å². The topological polar surface area (TPSA) is 18.5 Å². The smallest absolute Gasteiger partial charge is 0.176 e. The largest absolute Gasteiger partial charge is 0.486 e. The molecule has 0 atom stereocenters. The number of hydrogen-bond donors (Lipinski definition) is 0.